The molecule has 0 saturated heterocycles. The predicted octanol–water partition coefficient (Wildman–Crippen LogP) is 2.91. The summed E-state index contributed by atoms with van der Waals surface area (Å²) in [5.41, 5.74) is 1.08. The Bertz CT molecular complexity index is 621. The second-order valence-corrected chi connectivity index (χ2v) is 5.68. The molecule has 0 aliphatic heterocycles. The third-order valence-corrected chi connectivity index (χ3v) is 3.52. The Morgan fingerprint density at radius 1 is 1.09 bits per heavy atom. The molecule has 1 atom stereocenters. The molecule has 1 unspecified atom stereocenters. The van der Waals surface area contributed by atoms with Gasteiger partial charge in [-0.25, -0.2) is 0 Å². The number of amides is 2. The summed E-state index contributed by atoms with van der Waals surface area (Å²) in [4.78, 5) is 23.8. The quantitative estimate of drug-likeness (QED) is 0.825. The zero-order chi connectivity index (χ0) is 16.7. The monoisotopic (exact) mass is 314 g/mol. The van der Waals surface area contributed by atoms with Gasteiger partial charge in [-0.05, 0) is 23.6 Å². The maximum absolute atomic E-state index is 12.1. The van der Waals surface area contributed by atoms with Crippen LogP contribution < -0.4 is 10.6 Å². The van der Waals surface area contributed by atoms with Gasteiger partial charge in [-0.3, -0.25) is 9.59 Å². The molecule has 2 aromatic rings. The van der Waals surface area contributed by atoms with Crippen molar-refractivity contribution in [2.75, 3.05) is 6.54 Å². The van der Waals surface area contributed by atoms with Crippen molar-refractivity contribution in [3.05, 3.63) is 60.1 Å². The summed E-state index contributed by atoms with van der Waals surface area (Å²) in [5, 5.41) is 5.69. The summed E-state index contributed by atoms with van der Waals surface area (Å²) < 4.78 is 4.99. The van der Waals surface area contributed by atoms with E-state index in [9.17, 15) is 9.59 Å². The molecule has 2 amide bonds. The summed E-state index contributed by atoms with van der Waals surface area (Å²) in [6, 6.07) is 13.1. The molecule has 2 rings (SSSR count). The highest BCUT2D eigenvalue weighted by atomic mass is 16.3. The highest BCUT2D eigenvalue weighted by Crippen LogP contribution is 2.21. The maximum atomic E-state index is 12.1. The zero-order valence-corrected chi connectivity index (χ0v) is 13.4. The van der Waals surface area contributed by atoms with Crippen LogP contribution in [0.4, 0.5) is 0 Å². The Balaban J connectivity index is 1.82. The van der Waals surface area contributed by atoms with E-state index in [0.717, 1.165) is 5.56 Å². The van der Waals surface area contributed by atoms with Crippen molar-refractivity contribution in [2.24, 2.45) is 5.92 Å². The van der Waals surface area contributed by atoms with Crippen molar-refractivity contribution >= 4 is 11.8 Å². The molecule has 1 aromatic heterocycles. The van der Waals surface area contributed by atoms with Crippen LogP contribution in [0.3, 0.4) is 0 Å². The predicted molar refractivity (Wildman–Crippen MR) is 87.8 cm³/mol. The lowest BCUT2D eigenvalue weighted by molar-refractivity contribution is -0.122. The van der Waals surface area contributed by atoms with Gasteiger partial charge in [0.25, 0.3) is 5.91 Å². The van der Waals surface area contributed by atoms with E-state index in [4.69, 9.17) is 4.42 Å². The van der Waals surface area contributed by atoms with Crippen LogP contribution in [0.5, 0.6) is 0 Å². The zero-order valence-electron chi connectivity index (χ0n) is 13.4. The fraction of sp³-hybridized carbons (Fsp3) is 0.333. The Kier molecular flexibility index (Phi) is 5.97. The first-order valence-corrected chi connectivity index (χ1v) is 7.74. The van der Waals surface area contributed by atoms with Crippen LogP contribution in [0.15, 0.2) is 53.1 Å². The van der Waals surface area contributed by atoms with Crippen LogP contribution in [-0.4, -0.2) is 18.4 Å². The van der Waals surface area contributed by atoms with Crippen LogP contribution in [0, 0.1) is 5.92 Å². The van der Waals surface area contributed by atoms with Gasteiger partial charge in [0.2, 0.25) is 5.91 Å². The van der Waals surface area contributed by atoms with E-state index in [2.05, 4.69) is 24.5 Å². The molecule has 122 valence electrons. The fourth-order valence-corrected chi connectivity index (χ4v) is 2.33. The molecule has 5 nitrogen and oxygen atoms in total. The Morgan fingerprint density at radius 2 is 1.83 bits per heavy atom. The molecule has 0 aliphatic carbocycles. The second-order valence-electron chi connectivity index (χ2n) is 5.68. The van der Waals surface area contributed by atoms with E-state index in [1.807, 2.05) is 30.3 Å². The number of hydrogen-bond acceptors (Lipinski definition) is 3. The number of carbonyl (C=O) groups is 2. The van der Waals surface area contributed by atoms with Gasteiger partial charge in [-0.2, -0.15) is 0 Å². The van der Waals surface area contributed by atoms with Gasteiger partial charge in [-0.15, -0.1) is 0 Å². The summed E-state index contributed by atoms with van der Waals surface area (Å²) in [7, 11) is 0. The van der Waals surface area contributed by atoms with Crippen molar-refractivity contribution in [2.45, 2.75) is 26.3 Å². The van der Waals surface area contributed by atoms with Crippen LogP contribution in [0.2, 0.25) is 0 Å². The number of rotatable bonds is 7. The van der Waals surface area contributed by atoms with Crippen molar-refractivity contribution < 1.29 is 14.0 Å². The smallest absolute Gasteiger partial charge is 0.286 e. The molecule has 0 fully saturated rings. The molecule has 0 aliphatic rings. The molecule has 5 heteroatoms. The lowest BCUT2D eigenvalue weighted by Gasteiger charge is -2.23. The number of hydrogen-bond donors (Lipinski definition) is 2. The normalized spacial score (nSPS) is 12.0. The van der Waals surface area contributed by atoms with E-state index in [0.29, 0.717) is 0 Å². The minimum absolute atomic E-state index is 0.0375. The third-order valence-electron chi connectivity index (χ3n) is 3.52. The molecule has 1 aromatic carbocycles. The fourth-order valence-electron chi connectivity index (χ4n) is 2.33. The lowest BCUT2D eigenvalue weighted by atomic mass is 9.96. The van der Waals surface area contributed by atoms with Gasteiger partial charge >= 0.3 is 0 Å². The highest BCUT2D eigenvalue weighted by Gasteiger charge is 2.18. The van der Waals surface area contributed by atoms with Crippen LogP contribution in [0.25, 0.3) is 0 Å². The average Bonchev–Trinajstić information content (AvgIpc) is 3.07. The van der Waals surface area contributed by atoms with E-state index in [1.54, 1.807) is 12.1 Å². The van der Waals surface area contributed by atoms with Crippen molar-refractivity contribution in [3.8, 4) is 0 Å². The Morgan fingerprint density at radius 3 is 2.43 bits per heavy atom. The third kappa shape index (κ3) is 4.98. The molecule has 23 heavy (non-hydrogen) atoms. The van der Waals surface area contributed by atoms with Gasteiger partial charge in [0.1, 0.15) is 0 Å². The minimum atomic E-state index is -0.314. The van der Waals surface area contributed by atoms with Crippen LogP contribution in [0.1, 0.15) is 42.4 Å². The Hall–Kier alpha value is -2.56. The molecule has 0 bridgehead atoms. The molecule has 2 N–H and O–H groups in total. The summed E-state index contributed by atoms with van der Waals surface area (Å²) in [6.07, 6.45) is 1.66. The SMILES string of the molecule is CC(C)C(NC(=O)CCNC(=O)c1ccco1)c1ccccc1. The molecule has 1 heterocycles. The number of furan rings is 1. The van der Waals surface area contributed by atoms with Gasteiger partial charge in [0.05, 0.1) is 12.3 Å². The minimum Gasteiger partial charge on any atom is -0.459 e. The van der Waals surface area contributed by atoms with Gasteiger partial charge < -0.3 is 15.1 Å². The summed E-state index contributed by atoms with van der Waals surface area (Å²) in [6.45, 7) is 4.40. The topological polar surface area (TPSA) is 71.3 Å². The number of benzene rings is 1. The molecular formula is C18H22N2O3. The highest BCUT2D eigenvalue weighted by molar-refractivity contribution is 5.91. The first kappa shape index (κ1) is 16.8. The number of nitrogens with one attached hydrogen (secondary N) is 2. The van der Waals surface area contributed by atoms with Crippen molar-refractivity contribution in [3.63, 3.8) is 0 Å². The largest absolute Gasteiger partial charge is 0.459 e. The first-order valence-electron chi connectivity index (χ1n) is 7.74. The Labute approximate surface area is 136 Å². The van der Waals surface area contributed by atoms with Gasteiger partial charge in [0.15, 0.2) is 5.76 Å². The second kappa shape index (κ2) is 8.17. The van der Waals surface area contributed by atoms with E-state index in [-0.39, 0.29) is 42.5 Å². The van der Waals surface area contributed by atoms with E-state index < -0.39 is 0 Å². The van der Waals surface area contributed by atoms with Crippen LogP contribution >= 0.6 is 0 Å². The standard InChI is InChI=1S/C18H22N2O3/c1-13(2)17(14-7-4-3-5-8-14)20-16(21)10-11-19-18(22)15-9-6-12-23-15/h3-9,12-13,17H,10-11H2,1-2H3,(H,19,22)(H,20,21). The average molecular weight is 314 g/mol. The van der Waals surface area contributed by atoms with E-state index in [1.165, 1.54) is 6.26 Å². The molecule has 0 spiro atoms. The summed E-state index contributed by atoms with van der Waals surface area (Å²) >= 11 is 0. The lowest BCUT2D eigenvalue weighted by Crippen LogP contribution is -2.34. The first-order chi connectivity index (χ1) is 11.1. The number of carbonyl (C=O) groups excluding carboxylic acids is 2. The summed E-state index contributed by atoms with van der Waals surface area (Å²) in [5.74, 6) is 0.118. The van der Waals surface area contributed by atoms with E-state index >= 15 is 0 Å². The van der Waals surface area contributed by atoms with Crippen LogP contribution in [-0.2, 0) is 4.79 Å². The maximum Gasteiger partial charge on any atom is 0.286 e. The molecular weight excluding hydrogens is 292 g/mol. The molecule has 0 radical (unpaired) electrons. The van der Waals surface area contributed by atoms with Gasteiger partial charge in [0, 0.05) is 13.0 Å². The molecule has 0 saturated carbocycles. The van der Waals surface area contributed by atoms with Crippen molar-refractivity contribution in [1.82, 2.24) is 10.6 Å². The van der Waals surface area contributed by atoms with Crippen molar-refractivity contribution in [1.29, 1.82) is 0 Å². The van der Waals surface area contributed by atoms with Gasteiger partial charge in [-0.1, -0.05) is 44.2 Å².